The van der Waals surface area contributed by atoms with Gasteiger partial charge in [-0.3, -0.25) is 9.59 Å². The van der Waals surface area contributed by atoms with Gasteiger partial charge in [-0.2, -0.15) is 0 Å². The topological polar surface area (TPSA) is 108 Å². The van der Waals surface area contributed by atoms with Crippen LogP contribution in [0, 0.1) is 11.8 Å². The minimum Gasteiger partial charge on any atom is -0.508 e. The smallest absolute Gasteiger partial charge is 0.408 e. The zero-order valence-corrected chi connectivity index (χ0v) is 21.7. The highest BCUT2D eigenvalue weighted by molar-refractivity contribution is 5.92. The van der Waals surface area contributed by atoms with E-state index in [1.165, 1.54) is 12.1 Å². The Balaban J connectivity index is 2.46. The molecule has 1 saturated carbocycles. The highest BCUT2D eigenvalue weighted by atomic mass is 16.6. The van der Waals surface area contributed by atoms with Crippen molar-refractivity contribution in [3.05, 3.63) is 29.8 Å². The molecule has 34 heavy (non-hydrogen) atoms. The molecular weight excluding hydrogens is 434 g/mol. The Hall–Kier alpha value is -2.77. The number of amides is 3. The predicted molar refractivity (Wildman–Crippen MR) is 131 cm³/mol. The fourth-order valence-corrected chi connectivity index (χ4v) is 3.95. The van der Waals surface area contributed by atoms with Crippen LogP contribution in [0.1, 0.15) is 79.8 Å². The summed E-state index contributed by atoms with van der Waals surface area (Å²) >= 11 is 0. The number of hydrogen-bond acceptors (Lipinski definition) is 5. The van der Waals surface area contributed by atoms with Gasteiger partial charge in [0.2, 0.25) is 11.8 Å². The van der Waals surface area contributed by atoms with Crippen molar-refractivity contribution in [1.29, 1.82) is 0 Å². The van der Waals surface area contributed by atoms with Crippen molar-refractivity contribution in [3.8, 4) is 5.75 Å². The number of aromatic hydroxyl groups is 1. The van der Waals surface area contributed by atoms with Gasteiger partial charge in [-0.05, 0) is 77.0 Å². The first-order chi connectivity index (χ1) is 15.7. The Bertz CT molecular complexity index is 860. The molecule has 0 saturated heterocycles. The molecule has 1 fully saturated rings. The summed E-state index contributed by atoms with van der Waals surface area (Å²) in [6.07, 6.45) is 0.517. The second-order valence-electron chi connectivity index (χ2n) is 11.0. The lowest BCUT2D eigenvalue weighted by molar-refractivity contribution is -0.144. The molecule has 1 aromatic rings. The zero-order chi connectivity index (χ0) is 25.8. The van der Waals surface area contributed by atoms with E-state index in [9.17, 15) is 19.5 Å². The monoisotopic (exact) mass is 475 g/mol. The number of ether oxygens (including phenoxy) is 1. The van der Waals surface area contributed by atoms with E-state index in [0.717, 1.165) is 6.42 Å². The van der Waals surface area contributed by atoms with Crippen LogP contribution in [-0.4, -0.2) is 51.6 Å². The van der Waals surface area contributed by atoms with Crippen LogP contribution < -0.4 is 10.6 Å². The van der Waals surface area contributed by atoms with Gasteiger partial charge in [0, 0.05) is 12.1 Å². The molecule has 0 spiro atoms. The fraction of sp³-hybridized carbons (Fsp3) is 0.654. The Labute approximate surface area is 203 Å². The number of nitrogens with zero attached hydrogens (tertiary/aromatic N) is 1. The molecule has 0 radical (unpaired) electrons. The van der Waals surface area contributed by atoms with Gasteiger partial charge in [0.05, 0.1) is 0 Å². The summed E-state index contributed by atoms with van der Waals surface area (Å²) in [7, 11) is 0. The molecule has 0 aromatic heterocycles. The Morgan fingerprint density at radius 2 is 1.65 bits per heavy atom. The number of rotatable bonds is 9. The lowest BCUT2D eigenvalue weighted by Gasteiger charge is -2.35. The van der Waals surface area contributed by atoms with Crippen molar-refractivity contribution >= 4 is 17.9 Å². The number of benzene rings is 1. The largest absolute Gasteiger partial charge is 0.508 e. The summed E-state index contributed by atoms with van der Waals surface area (Å²) in [4.78, 5) is 41.6. The van der Waals surface area contributed by atoms with E-state index in [4.69, 9.17) is 4.74 Å². The van der Waals surface area contributed by atoms with Crippen LogP contribution in [-0.2, 0) is 14.3 Å². The number of carbonyl (C=O) groups excluding carboxylic acids is 3. The Morgan fingerprint density at radius 3 is 2.09 bits per heavy atom. The third kappa shape index (κ3) is 7.92. The van der Waals surface area contributed by atoms with Crippen LogP contribution in [0.4, 0.5) is 4.79 Å². The van der Waals surface area contributed by atoms with Crippen LogP contribution in [0.25, 0.3) is 0 Å². The molecule has 190 valence electrons. The summed E-state index contributed by atoms with van der Waals surface area (Å²) in [5.74, 6) is -0.177. The van der Waals surface area contributed by atoms with E-state index in [1.807, 2.05) is 34.6 Å². The molecule has 0 heterocycles. The normalized spacial score (nSPS) is 19.4. The van der Waals surface area contributed by atoms with E-state index >= 15 is 0 Å². The second-order valence-corrected chi connectivity index (χ2v) is 11.0. The number of carbonyl (C=O) groups is 3. The maximum absolute atomic E-state index is 14.0. The lowest BCUT2D eigenvalue weighted by Crippen LogP contribution is -2.54. The maximum Gasteiger partial charge on any atom is 0.408 e. The molecule has 4 unspecified atom stereocenters. The average Bonchev–Trinajstić information content (AvgIpc) is 3.39. The van der Waals surface area contributed by atoms with Crippen LogP contribution in [0.3, 0.4) is 0 Å². The van der Waals surface area contributed by atoms with Gasteiger partial charge in [-0.15, -0.1) is 0 Å². The third-order valence-corrected chi connectivity index (χ3v) is 5.54. The number of hydrogen-bond donors (Lipinski definition) is 3. The molecule has 0 aliphatic heterocycles. The predicted octanol–water partition coefficient (Wildman–Crippen LogP) is 4.13. The van der Waals surface area contributed by atoms with E-state index in [-0.39, 0.29) is 41.5 Å². The van der Waals surface area contributed by atoms with E-state index in [2.05, 4.69) is 10.6 Å². The highest BCUT2D eigenvalue weighted by Gasteiger charge is 2.48. The van der Waals surface area contributed by atoms with Crippen LogP contribution in [0.15, 0.2) is 24.3 Å². The molecule has 1 aliphatic carbocycles. The number of phenolic OH excluding ortho intramolecular Hbond substituents is 1. The first kappa shape index (κ1) is 27.5. The molecule has 1 aromatic carbocycles. The zero-order valence-electron chi connectivity index (χ0n) is 21.7. The van der Waals surface area contributed by atoms with E-state index in [0.29, 0.717) is 12.0 Å². The molecular formula is C26H41N3O5. The van der Waals surface area contributed by atoms with Gasteiger partial charge in [0.1, 0.15) is 23.4 Å². The minimum absolute atomic E-state index is 0.0775. The molecule has 8 nitrogen and oxygen atoms in total. The molecule has 2 rings (SSSR count). The van der Waals surface area contributed by atoms with Crippen molar-refractivity contribution in [2.45, 2.75) is 98.0 Å². The van der Waals surface area contributed by atoms with Crippen LogP contribution in [0.2, 0.25) is 0 Å². The highest BCUT2D eigenvalue weighted by Crippen LogP contribution is 2.41. The van der Waals surface area contributed by atoms with E-state index in [1.54, 1.807) is 37.8 Å². The van der Waals surface area contributed by atoms with Gasteiger partial charge in [0.25, 0.3) is 0 Å². The maximum atomic E-state index is 14.0. The summed E-state index contributed by atoms with van der Waals surface area (Å²) < 4.78 is 5.41. The van der Waals surface area contributed by atoms with Gasteiger partial charge in [-0.1, -0.05) is 32.9 Å². The van der Waals surface area contributed by atoms with Gasteiger partial charge in [0.15, 0.2) is 0 Å². The third-order valence-electron chi connectivity index (χ3n) is 5.54. The first-order valence-electron chi connectivity index (χ1n) is 12.1. The molecule has 0 bridgehead atoms. The van der Waals surface area contributed by atoms with Crippen molar-refractivity contribution < 1.29 is 24.2 Å². The first-order valence-corrected chi connectivity index (χ1v) is 12.1. The number of nitrogens with one attached hydrogen (secondary N) is 2. The lowest BCUT2D eigenvalue weighted by atomic mass is 9.98. The van der Waals surface area contributed by atoms with Crippen molar-refractivity contribution in [2.75, 3.05) is 0 Å². The molecule has 3 N–H and O–H groups in total. The molecule has 3 amide bonds. The molecule has 1 aliphatic rings. The number of phenols is 1. The second kappa shape index (κ2) is 11.1. The van der Waals surface area contributed by atoms with Crippen molar-refractivity contribution in [2.24, 2.45) is 11.8 Å². The summed E-state index contributed by atoms with van der Waals surface area (Å²) in [6.45, 7) is 15.0. The van der Waals surface area contributed by atoms with E-state index < -0.39 is 23.8 Å². The summed E-state index contributed by atoms with van der Waals surface area (Å²) in [5, 5.41) is 15.5. The SMILES string of the molecule is CC(C)CC(NC(=O)OC(C)(C)C)C(=O)N(C(C(=O)NC(C)C)c1ccc(O)cc1)C1CC1C. The average molecular weight is 476 g/mol. The van der Waals surface area contributed by atoms with Gasteiger partial charge < -0.3 is 25.4 Å². The van der Waals surface area contributed by atoms with Gasteiger partial charge >= 0.3 is 6.09 Å². The quantitative estimate of drug-likeness (QED) is 0.498. The minimum atomic E-state index is -0.888. The fourth-order valence-electron chi connectivity index (χ4n) is 3.95. The molecule has 8 heteroatoms. The Kier molecular flexibility index (Phi) is 8.97. The number of alkyl carbamates (subject to hydrolysis) is 1. The standard InChI is InChI=1S/C26H41N3O5/c1-15(2)13-20(28-25(33)34-26(6,7)8)24(32)29(21-14-17(21)5)22(23(31)27-16(3)4)18-9-11-19(30)12-10-18/h9-12,15-17,20-22,30H,13-14H2,1-8H3,(H,27,31)(H,28,33). The van der Waals surface area contributed by atoms with Crippen molar-refractivity contribution in [3.63, 3.8) is 0 Å². The summed E-state index contributed by atoms with van der Waals surface area (Å²) in [6, 6.07) is 4.36. The Morgan fingerprint density at radius 1 is 1.09 bits per heavy atom. The van der Waals surface area contributed by atoms with Crippen LogP contribution in [0.5, 0.6) is 5.75 Å². The van der Waals surface area contributed by atoms with Crippen molar-refractivity contribution in [1.82, 2.24) is 15.5 Å². The van der Waals surface area contributed by atoms with Crippen LogP contribution >= 0.6 is 0 Å². The molecule has 4 atom stereocenters. The summed E-state index contributed by atoms with van der Waals surface area (Å²) in [5.41, 5.74) is -0.102. The van der Waals surface area contributed by atoms with Gasteiger partial charge in [-0.25, -0.2) is 4.79 Å².